The molecule has 2 aromatic carbocycles. The molecule has 76 valence electrons. The molecule has 15 heavy (non-hydrogen) atoms. The van der Waals surface area contributed by atoms with E-state index in [0.29, 0.717) is 0 Å². The largest absolute Gasteiger partial charge is 0.480 e. The Morgan fingerprint density at radius 2 is 1.27 bits per heavy atom. The van der Waals surface area contributed by atoms with E-state index in [-0.39, 0.29) is 0 Å². The lowest BCUT2D eigenvalue weighted by atomic mass is 10.1. The van der Waals surface area contributed by atoms with Gasteiger partial charge in [-0.3, -0.25) is 0 Å². The van der Waals surface area contributed by atoms with Crippen molar-refractivity contribution in [3.8, 4) is 16.9 Å². The molecule has 0 heterocycles. The smallest absolute Gasteiger partial charge is 0.122 e. The van der Waals surface area contributed by atoms with E-state index in [1.54, 1.807) is 0 Å². The molecule has 0 aliphatic heterocycles. The highest BCUT2D eigenvalue weighted by Gasteiger charge is 1.97. The van der Waals surface area contributed by atoms with Gasteiger partial charge in [0.05, 0.1) is 9.47 Å². The average molecular weight is 281 g/mol. The minimum atomic E-state index is 0.848. The lowest BCUT2D eigenvalue weighted by Gasteiger charge is -2.03. The molecule has 3 heteroatoms. The summed E-state index contributed by atoms with van der Waals surface area (Å²) in [6.07, 6.45) is 0. The summed E-state index contributed by atoms with van der Waals surface area (Å²) in [6.45, 7) is 0. The third-order valence-electron chi connectivity index (χ3n) is 2.17. The van der Waals surface area contributed by atoms with Gasteiger partial charge in [-0.05, 0) is 35.4 Å². The molecule has 0 bridgehead atoms. The van der Waals surface area contributed by atoms with Crippen molar-refractivity contribution >= 4 is 25.4 Å². The van der Waals surface area contributed by atoms with Crippen molar-refractivity contribution in [1.29, 1.82) is 0 Å². The fraction of sp³-hybridized carbons (Fsp3) is 0. The lowest BCUT2D eigenvalue weighted by molar-refractivity contribution is 0.646. The van der Waals surface area contributed by atoms with E-state index in [9.17, 15) is 0 Å². The van der Waals surface area contributed by atoms with E-state index in [0.717, 1.165) is 10.2 Å². The van der Waals surface area contributed by atoms with Crippen LogP contribution >= 0.6 is 25.4 Å². The fourth-order valence-electron chi connectivity index (χ4n) is 1.37. The van der Waals surface area contributed by atoms with Gasteiger partial charge in [0.2, 0.25) is 0 Å². The van der Waals surface area contributed by atoms with Crippen LogP contribution in [0, 0.1) is 0 Å². The zero-order valence-electron chi connectivity index (χ0n) is 7.98. The summed E-state index contributed by atoms with van der Waals surface area (Å²) in [5.74, 6) is 0.848. The van der Waals surface area contributed by atoms with Crippen LogP contribution in [-0.2, 0) is 0 Å². The molecular formula is C12H10BrOP. The molecule has 0 fully saturated rings. The van der Waals surface area contributed by atoms with Crippen molar-refractivity contribution in [3.63, 3.8) is 0 Å². The molecule has 2 aromatic rings. The van der Waals surface area contributed by atoms with Crippen LogP contribution < -0.4 is 4.52 Å². The first kappa shape index (κ1) is 10.7. The Labute approximate surface area is 99.9 Å². The first-order chi connectivity index (χ1) is 7.29. The van der Waals surface area contributed by atoms with Gasteiger partial charge in [-0.25, -0.2) is 0 Å². The van der Waals surface area contributed by atoms with Crippen molar-refractivity contribution in [1.82, 2.24) is 0 Å². The number of rotatable bonds is 2. The molecule has 0 saturated carbocycles. The summed E-state index contributed by atoms with van der Waals surface area (Å²) >= 11 is 3.42. The maximum Gasteiger partial charge on any atom is 0.122 e. The molecule has 0 amide bonds. The van der Waals surface area contributed by atoms with Crippen LogP contribution in [0.15, 0.2) is 53.0 Å². The van der Waals surface area contributed by atoms with Crippen molar-refractivity contribution in [2.75, 3.05) is 0 Å². The van der Waals surface area contributed by atoms with Crippen LogP contribution in [0.3, 0.4) is 0 Å². The fourth-order valence-corrected chi connectivity index (χ4v) is 1.79. The van der Waals surface area contributed by atoms with Crippen LogP contribution in [0.4, 0.5) is 0 Å². The maximum absolute atomic E-state index is 5.03. The van der Waals surface area contributed by atoms with E-state index in [4.69, 9.17) is 4.52 Å². The van der Waals surface area contributed by atoms with Gasteiger partial charge in [0, 0.05) is 4.47 Å². The first-order valence-electron chi connectivity index (χ1n) is 4.52. The Morgan fingerprint density at radius 1 is 0.800 bits per heavy atom. The van der Waals surface area contributed by atoms with E-state index in [1.807, 2.05) is 36.4 Å². The van der Waals surface area contributed by atoms with Crippen LogP contribution in [0.5, 0.6) is 5.75 Å². The second-order valence-corrected chi connectivity index (χ2v) is 4.30. The summed E-state index contributed by atoms with van der Waals surface area (Å²) in [4.78, 5) is 0. The van der Waals surface area contributed by atoms with Gasteiger partial charge in [0.1, 0.15) is 5.75 Å². The zero-order valence-corrected chi connectivity index (χ0v) is 10.7. The summed E-state index contributed by atoms with van der Waals surface area (Å²) in [6, 6.07) is 16.2. The van der Waals surface area contributed by atoms with E-state index >= 15 is 0 Å². The Morgan fingerprint density at radius 3 is 1.73 bits per heavy atom. The van der Waals surface area contributed by atoms with E-state index in [1.165, 1.54) is 11.1 Å². The van der Waals surface area contributed by atoms with Gasteiger partial charge >= 0.3 is 0 Å². The third kappa shape index (κ3) is 2.58. The van der Waals surface area contributed by atoms with E-state index in [2.05, 4.69) is 37.5 Å². The average Bonchev–Trinajstić information content (AvgIpc) is 2.30. The highest BCUT2D eigenvalue weighted by Crippen LogP contribution is 2.24. The molecule has 0 aliphatic carbocycles. The highest BCUT2D eigenvalue weighted by molar-refractivity contribution is 9.10. The molecule has 1 nitrogen and oxygen atoms in total. The van der Waals surface area contributed by atoms with Crippen molar-refractivity contribution < 1.29 is 4.52 Å². The standard InChI is InChI=1S/C12H10BrOP/c13-11-5-1-9(2-6-11)10-3-7-12(14-15)8-4-10/h1-8H,15H2. The minimum absolute atomic E-state index is 0.848. The molecule has 1 atom stereocenters. The van der Waals surface area contributed by atoms with Crippen molar-refractivity contribution in [2.45, 2.75) is 0 Å². The Hall–Kier alpha value is -0.850. The molecule has 2 rings (SSSR count). The quantitative estimate of drug-likeness (QED) is 0.746. The molecule has 0 N–H and O–H groups in total. The van der Waals surface area contributed by atoms with Gasteiger partial charge in [-0.2, -0.15) is 0 Å². The Bertz CT molecular complexity index is 436. The molecular weight excluding hydrogens is 271 g/mol. The Balaban J connectivity index is 2.33. The first-order valence-corrected chi connectivity index (χ1v) is 5.79. The lowest BCUT2D eigenvalue weighted by Crippen LogP contribution is -1.78. The van der Waals surface area contributed by atoms with Crippen molar-refractivity contribution in [3.05, 3.63) is 53.0 Å². The SMILES string of the molecule is POc1ccc(-c2ccc(Br)cc2)cc1. The van der Waals surface area contributed by atoms with Gasteiger partial charge < -0.3 is 4.52 Å². The minimum Gasteiger partial charge on any atom is -0.480 e. The Kier molecular flexibility index (Phi) is 3.40. The van der Waals surface area contributed by atoms with Gasteiger partial charge in [-0.1, -0.05) is 40.2 Å². The molecule has 0 saturated heterocycles. The predicted octanol–water partition coefficient (Wildman–Crippen LogP) is 4.29. The summed E-state index contributed by atoms with van der Waals surface area (Å²) in [5, 5.41) is 0. The number of hydrogen-bond acceptors (Lipinski definition) is 1. The summed E-state index contributed by atoms with van der Waals surface area (Å²) in [5.41, 5.74) is 2.39. The predicted molar refractivity (Wildman–Crippen MR) is 69.9 cm³/mol. The van der Waals surface area contributed by atoms with Gasteiger partial charge in [0.25, 0.3) is 0 Å². The van der Waals surface area contributed by atoms with Gasteiger partial charge in [-0.15, -0.1) is 0 Å². The normalized spacial score (nSPS) is 10.0. The number of benzene rings is 2. The van der Waals surface area contributed by atoms with Crippen LogP contribution in [0.25, 0.3) is 11.1 Å². The molecule has 0 aliphatic rings. The number of halogens is 1. The van der Waals surface area contributed by atoms with E-state index < -0.39 is 0 Å². The van der Waals surface area contributed by atoms with Crippen LogP contribution in [0.2, 0.25) is 0 Å². The summed E-state index contributed by atoms with van der Waals surface area (Å²) in [7, 11) is 2.24. The van der Waals surface area contributed by atoms with Gasteiger partial charge in [0.15, 0.2) is 0 Å². The molecule has 0 spiro atoms. The van der Waals surface area contributed by atoms with Crippen LogP contribution in [-0.4, -0.2) is 0 Å². The maximum atomic E-state index is 5.03. The molecule has 1 unspecified atom stereocenters. The third-order valence-corrected chi connectivity index (χ3v) is 2.97. The highest BCUT2D eigenvalue weighted by atomic mass is 79.9. The zero-order chi connectivity index (χ0) is 10.7. The summed E-state index contributed by atoms with van der Waals surface area (Å²) < 4.78 is 6.13. The van der Waals surface area contributed by atoms with Crippen molar-refractivity contribution in [2.24, 2.45) is 0 Å². The molecule has 0 radical (unpaired) electrons. The second kappa shape index (κ2) is 4.78. The monoisotopic (exact) mass is 280 g/mol. The number of hydrogen-bond donors (Lipinski definition) is 0. The van der Waals surface area contributed by atoms with Crippen LogP contribution in [0.1, 0.15) is 0 Å². The second-order valence-electron chi connectivity index (χ2n) is 3.15. The molecule has 0 aromatic heterocycles. The topological polar surface area (TPSA) is 9.23 Å².